The fourth-order valence-electron chi connectivity index (χ4n) is 3.71. The fourth-order valence-corrected chi connectivity index (χ4v) is 3.71. The van der Waals surface area contributed by atoms with Crippen molar-refractivity contribution in [1.82, 2.24) is 9.55 Å². The number of fused-ring (bicyclic) bond motifs is 1. The number of hydrogen-bond acceptors (Lipinski definition) is 4. The molecule has 0 saturated heterocycles. The number of carboxylic acid groups (broad SMARTS) is 1. The SMILES string of the molecule is Cn1c(-c2ccccc2)nc2c(C(Nc3ccc(F)cc3C(=O)O)C(F)(F)F)cccc2c1=O. The van der Waals surface area contributed by atoms with Gasteiger partial charge in [-0.15, -0.1) is 0 Å². The normalized spacial score (nSPS) is 12.5. The Morgan fingerprint density at radius 2 is 1.76 bits per heavy atom. The van der Waals surface area contributed by atoms with E-state index in [4.69, 9.17) is 0 Å². The number of nitrogens with one attached hydrogen (secondary N) is 1. The summed E-state index contributed by atoms with van der Waals surface area (Å²) in [7, 11) is 1.47. The monoisotopic (exact) mass is 471 g/mol. The van der Waals surface area contributed by atoms with Crippen molar-refractivity contribution >= 4 is 22.6 Å². The van der Waals surface area contributed by atoms with Gasteiger partial charge in [-0.2, -0.15) is 13.2 Å². The molecule has 1 aromatic heterocycles. The van der Waals surface area contributed by atoms with E-state index in [0.717, 1.165) is 12.1 Å². The van der Waals surface area contributed by atoms with Gasteiger partial charge in [-0.25, -0.2) is 14.2 Å². The highest BCUT2D eigenvalue weighted by atomic mass is 19.4. The van der Waals surface area contributed by atoms with Crippen molar-refractivity contribution in [1.29, 1.82) is 0 Å². The minimum Gasteiger partial charge on any atom is -0.478 e. The molecule has 34 heavy (non-hydrogen) atoms. The molecular weight excluding hydrogens is 454 g/mol. The number of benzene rings is 3. The zero-order chi connectivity index (χ0) is 24.6. The lowest BCUT2D eigenvalue weighted by molar-refractivity contribution is -0.143. The van der Waals surface area contributed by atoms with Crippen molar-refractivity contribution in [2.24, 2.45) is 7.05 Å². The molecule has 174 valence electrons. The number of alkyl halides is 3. The third-order valence-corrected chi connectivity index (χ3v) is 5.32. The van der Waals surface area contributed by atoms with Crippen molar-refractivity contribution in [2.75, 3.05) is 5.32 Å². The van der Waals surface area contributed by atoms with Crippen LogP contribution < -0.4 is 10.9 Å². The molecule has 3 aromatic carbocycles. The van der Waals surface area contributed by atoms with Crippen LogP contribution >= 0.6 is 0 Å². The van der Waals surface area contributed by atoms with Crippen LogP contribution in [0, 0.1) is 5.82 Å². The molecule has 0 aliphatic heterocycles. The van der Waals surface area contributed by atoms with Gasteiger partial charge in [-0.1, -0.05) is 42.5 Å². The van der Waals surface area contributed by atoms with E-state index < -0.39 is 40.8 Å². The Bertz CT molecular complexity index is 1450. The highest BCUT2D eigenvalue weighted by Gasteiger charge is 2.42. The maximum atomic E-state index is 14.2. The van der Waals surface area contributed by atoms with E-state index in [9.17, 15) is 32.3 Å². The molecule has 0 aliphatic carbocycles. The molecule has 10 heteroatoms. The summed E-state index contributed by atoms with van der Waals surface area (Å²) in [6.07, 6.45) is -4.91. The summed E-state index contributed by atoms with van der Waals surface area (Å²) >= 11 is 0. The number of hydrogen-bond donors (Lipinski definition) is 2. The third-order valence-electron chi connectivity index (χ3n) is 5.32. The first-order valence-electron chi connectivity index (χ1n) is 9.99. The Morgan fingerprint density at radius 3 is 2.41 bits per heavy atom. The van der Waals surface area contributed by atoms with Crippen molar-refractivity contribution in [3.05, 3.63) is 94.0 Å². The molecule has 1 unspecified atom stereocenters. The molecular formula is C24H17F4N3O3. The first-order chi connectivity index (χ1) is 16.1. The lowest BCUT2D eigenvalue weighted by Crippen LogP contribution is -2.30. The van der Waals surface area contributed by atoms with Gasteiger partial charge in [-0.05, 0) is 24.3 Å². The van der Waals surface area contributed by atoms with Gasteiger partial charge in [0.15, 0.2) is 6.04 Å². The predicted octanol–water partition coefficient (Wildman–Crippen LogP) is 5.15. The smallest absolute Gasteiger partial charge is 0.412 e. The van der Waals surface area contributed by atoms with Gasteiger partial charge < -0.3 is 10.4 Å². The Labute approximate surface area is 190 Å². The molecule has 0 radical (unpaired) electrons. The topological polar surface area (TPSA) is 84.2 Å². The summed E-state index contributed by atoms with van der Waals surface area (Å²) in [4.78, 5) is 28.9. The van der Waals surface area contributed by atoms with E-state index >= 15 is 0 Å². The maximum absolute atomic E-state index is 14.2. The van der Waals surface area contributed by atoms with Crippen LogP contribution in [0.5, 0.6) is 0 Å². The fraction of sp³-hybridized carbons (Fsp3) is 0.125. The second-order valence-corrected chi connectivity index (χ2v) is 7.52. The Kier molecular flexibility index (Phi) is 5.82. The average Bonchev–Trinajstić information content (AvgIpc) is 2.80. The molecule has 0 saturated carbocycles. The maximum Gasteiger partial charge on any atom is 0.412 e. The van der Waals surface area contributed by atoms with E-state index in [2.05, 4.69) is 10.3 Å². The van der Waals surface area contributed by atoms with E-state index in [0.29, 0.717) is 11.6 Å². The Hall–Kier alpha value is -4.21. The van der Waals surface area contributed by atoms with Gasteiger partial charge in [0.1, 0.15) is 11.6 Å². The number of nitrogens with zero attached hydrogens (tertiary/aromatic N) is 2. The molecule has 6 nitrogen and oxygen atoms in total. The Morgan fingerprint density at radius 1 is 1.06 bits per heavy atom. The van der Waals surface area contributed by atoms with E-state index in [1.165, 1.54) is 29.8 Å². The van der Waals surface area contributed by atoms with Crippen LogP contribution in [0.1, 0.15) is 22.0 Å². The van der Waals surface area contributed by atoms with E-state index in [1.807, 2.05) is 0 Å². The van der Waals surface area contributed by atoms with Crippen LogP contribution in [0.25, 0.3) is 22.3 Å². The van der Waals surface area contributed by atoms with Gasteiger partial charge in [0, 0.05) is 23.9 Å². The molecule has 0 amide bonds. The van der Waals surface area contributed by atoms with Crippen molar-refractivity contribution < 1.29 is 27.5 Å². The van der Waals surface area contributed by atoms with E-state index in [1.54, 1.807) is 30.3 Å². The number of anilines is 1. The van der Waals surface area contributed by atoms with Crippen LogP contribution in [0.3, 0.4) is 0 Å². The molecule has 2 N–H and O–H groups in total. The zero-order valence-corrected chi connectivity index (χ0v) is 17.6. The Balaban J connectivity index is 1.95. The van der Waals surface area contributed by atoms with E-state index in [-0.39, 0.29) is 22.3 Å². The van der Waals surface area contributed by atoms with Crippen LogP contribution in [-0.4, -0.2) is 26.8 Å². The number of halogens is 4. The number of rotatable bonds is 5. The van der Waals surface area contributed by atoms with Crippen LogP contribution in [0.15, 0.2) is 71.5 Å². The second-order valence-electron chi connectivity index (χ2n) is 7.52. The largest absolute Gasteiger partial charge is 0.478 e. The summed E-state index contributed by atoms with van der Waals surface area (Å²) in [6, 6.07) is 12.3. The molecule has 0 fully saturated rings. The second kappa shape index (κ2) is 8.62. The van der Waals surface area contributed by atoms with Gasteiger partial charge in [0.05, 0.1) is 16.5 Å². The molecule has 0 aliphatic rings. The number of aromatic nitrogens is 2. The zero-order valence-electron chi connectivity index (χ0n) is 17.6. The average molecular weight is 471 g/mol. The highest BCUT2D eigenvalue weighted by molar-refractivity contribution is 5.94. The summed E-state index contributed by atoms with van der Waals surface area (Å²) in [5.74, 6) is -2.34. The first kappa shape index (κ1) is 23.0. The van der Waals surface area contributed by atoms with Crippen LogP contribution in [-0.2, 0) is 7.05 Å². The van der Waals surface area contributed by atoms with Crippen molar-refractivity contribution in [3.8, 4) is 11.4 Å². The first-order valence-corrected chi connectivity index (χ1v) is 9.99. The van der Waals surface area contributed by atoms with Gasteiger partial charge in [0.2, 0.25) is 0 Å². The number of carboxylic acids is 1. The third kappa shape index (κ3) is 4.21. The minimum atomic E-state index is -4.91. The molecule has 0 spiro atoms. The summed E-state index contributed by atoms with van der Waals surface area (Å²) in [5, 5.41) is 11.5. The molecule has 4 rings (SSSR count). The molecule has 1 atom stereocenters. The predicted molar refractivity (Wildman–Crippen MR) is 118 cm³/mol. The highest BCUT2D eigenvalue weighted by Crippen LogP contribution is 2.39. The molecule has 1 heterocycles. The summed E-state index contributed by atoms with van der Waals surface area (Å²) < 4.78 is 57.5. The number of aromatic carboxylic acids is 1. The van der Waals surface area contributed by atoms with Gasteiger partial charge in [0.25, 0.3) is 5.56 Å². The lowest BCUT2D eigenvalue weighted by atomic mass is 10.0. The van der Waals surface area contributed by atoms with Crippen LogP contribution in [0.4, 0.5) is 23.2 Å². The standard InChI is InChI=1S/C24H17F4N3O3/c1-31-21(13-6-3-2-4-7-13)30-19-15(8-5-9-16(19)22(31)32)20(24(26,27)28)29-18-11-10-14(25)12-17(18)23(33)34/h2-12,20,29H,1H3,(H,33,34). The van der Waals surface area contributed by atoms with Crippen molar-refractivity contribution in [2.45, 2.75) is 12.2 Å². The summed E-state index contributed by atoms with van der Waals surface area (Å²) in [5.41, 5.74) is -1.66. The van der Waals surface area contributed by atoms with Crippen LogP contribution in [0.2, 0.25) is 0 Å². The van der Waals surface area contributed by atoms with Gasteiger partial charge >= 0.3 is 12.1 Å². The number of carbonyl (C=O) groups is 1. The lowest BCUT2D eigenvalue weighted by Gasteiger charge is -2.25. The minimum absolute atomic E-state index is 0.0340. The summed E-state index contributed by atoms with van der Waals surface area (Å²) in [6.45, 7) is 0. The molecule has 0 bridgehead atoms. The quantitative estimate of drug-likeness (QED) is 0.393. The number of para-hydroxylation sites is 1. The molecule has 4 aromatic rings. The van der Waals surface area contributed by atoms with Crippen molar-refractivity contribution in [3.63, 3.8) is 0 Å². The van der Waals surface area contributed by atoms with Gasteiger partial charge in [-0.3, -0.25) is 9.36 Å².